The number of hydrogen-bond acceptors (Lipinski definition) is 6. The van der Waals surface area contributed by atoms with E-state index in [1.807, 2.05) is 0 Å². The van der Waals surface area contributed by atoms with Gasteiger partial charge in [0.05, 0.1) is 18.9 Å². The number of ether oxygens (including phenoxy) is 1. The first-order valence-corrected chi connectivity index (χ1v) is 10.2. The predicted molar refractivity (Wildman–Crippen MR) is 113 cm³/mol. The van der Waals surface area contributed by atoms with Gasteiger partial charge in [-0.3, -0.25) is 9.59 Å². The second-order valence-electron chi connectivity index (χ2n) is 7.12. The number of methoxy groups -OCH3 is 1. The van der Waals surface area contributed by atoms with Crippen LogP contribution in [0, 0.1) is 0 Å². The molecular formula is C23H28N2O5. The van der Waals surface area contributed by atoms with E-state index < -0.39 is 17.7 Å². The van der Waals surface area contributed by atoms with E-state index in [0.29, 0.717) is 30.0 Å². The molecule has 1 aliphatic rings. The number of ketones is 1. The Balaban J connectivity index is 1.95. The van der Waals surface area contributed by atoms with Crippen LogP contribution in [0.15, 0.2) is 52.7 Å². The van der Waals surface area contributed by atoms with Gasteiger partial charge in [-0.2, -0.15) is 0 Å². The highest BCUT2D eigenvalue weighted by molar-refractivity contribution is 6.46. The van der Waals surface area contributed by atoms with E-state index >= 15 is 0 Å². The molecule has 1 aromatic carbocycles. The van der Waals surface area contributed by atoms with Gasteiger partial charge in [0.25, 0.3) is 11.7 Å². The monoisotopic (exact) mass is 412 g/mol. The summed E-state index contributed by atoms with van der Waals surface area (Å²) in [5.74, 6) is -0.458. The molecular weight excluding hydrogens is 384 g/mol. The first kappa shape index (κ1) is 21.6. The number of amides is 1. The van der Waals surface area contributed by atoms with E-state index in [9.17, 15) is 14.7 Å². The molecule has 0 saturated carbocycles. The molecule has 7 heteroatoms. The topological polar surface area (TPSA) is 83.2 Å². The molecule has 1 atom stereocenters. The van der Waals surface area contributed by atoms with Crippen LogP contribution in [-0.4, -0.2) is 59.9 Å². The molecule has 1 aromatic heterocycles. The van der Waals surface area contributed by atoms with Crippen molar-refractivity contribution in [3.63, 3.8) is 0 Å². The van der Waals surface area contributed by atoms with Crippen LogP contribution in [0.3, 0.4) is 0 Å². The molecule has 160 valence electrons. The second kappa shape index (κ2) is 9.63. The lowest BCUT2D eigenvalue weighted by atomic mass is 9.99. The van der Waals surface area contributed by atoms with Gasteiger partial charge in [-0.15, -0.1) is 0 Å². The number of hydrogen-bond donors (Lipinski definition) is 1. The van der Waals surface area contributed by atoms with Crippen molar-refractivity contribution < 1.29 is 23.8 Å². The number of furan rings is 1. The molecule has 1 saturated heterocycles. The van der Waals surface area contributed by atoms with Gasteiger partial charge in [0, 0.05) is 12.1 Å². The van der Waals surface area contributed by atoms with E-state index in [2.05, 4.69) is 18.7 Å². The summed E-state index contributed by atoms with van der Waals surface area (Å²) in [7, 11) is 1.55. The number of rotatable bonds is 9. The van der Waals surface area contributed by atoms with Crippen molar-refractivity contribution in [2.45, 2.75) is 26.3 Å². The maximum Gasteiger partial charge on any atom is 0.295 e. The third-order valence-corrected chi connectivity index (χ3v) is 5.48. The standard InChI is InChI=1S/C23H28N2O5/c1-4-24(5-2)13-7-14-25-20(18-8-6-15-30-18)19(22(27)23(25)28)21(26)16-9-11-17(29-3)12-10-16/h6,8-12,15,20,26H,4-5,7,13-14H2,1-3H3/t20-/m0/s1. The van der Waals surface area contributed by atoms with Crippen molar-refractivity contribution in [3.8, 4) is 5.75 Å². The molecule has 7 nitrogen and oxygen atoms in total. The van der Waals surface area contributed by atoms with Crippen molar-refractivity contribution >= 4 is 17.4 Å². The minimum absolute atomic E-state index is 0.0444. The summed E-state index contributed by atoms with van der Waals surface area (Å²) in [6, 6.07) is 9.36. The fourth-order valence-corrected chi connectivity index (χ4v) is 3.76. The lowest BCUT2D eigenvalue weighted by Crippen LogP contribution is -2.33. The maximum atomic E-state index is 12.9. The van der Waals surface area contributed by atoms with Gasteiger partial charge < -0.3 is 24.1 Å². The number of carbonyl (C=O) groups is 2. The summed E-state index contributed by atoms with van der Waals surface area (Å²) in [4.78, 5) is 29.5. The zero-order valence-corrected chi connectivity index (χ0v) is 17.6. The van der Waals surface area contributed by atoms with Gasteiger partial charge >= 0.3 is 0 Å². The SMILES string of the molecule is CCN(CC)CCCN1C(=O)C(=O)C(=C(O)c2ccc(OC)cc2)[C@@H]1c1ccco1. The smallest absolute Gasteiger partial charge is 0.295 e. The van der Waals surface area contributed by atoms with E-state index in [4.69, 9.17) is 9.15 Å². The number of aliphatic hydroxyl groups is 1. The molecule has 0 bridgehead atoms. The number of nitrogens with zero attached hydrogens (tertiary/aromatic N) is 2. The van der Waals surface area contributed by atoms with Crippen LogP contribution in [0.1, 0.15) is 37.6 Å². The molecule has 2 aromatic rings. The highest BCUT2D eigenvalue weighted by atomic mass is 16.5. The Kier molecular flexibility index (Phi) is 6.95. The summed E-state index contributed by atoms with van der Waals surface area (Å²) < 4.78 is 10.7. The Morgan fingerprint density at radius 1 is 1.17 bits per heavy atom. The Morgan fingerprint density at radius 2 is 1.87 bits per heavy atom. The summed E-state index contributed by atoms with van der Waals surface area (Å²) >= 11 is 0. The predicted octanol–water partition coefficient (Wildman–Crippen LogP) is 3.44. The molecule has 1 amide bonds. The Bertz CT molecular complexity index is 898. The lowest BCUT2D eigenvalue weighted by molar-refractivity contribution is -0.140. The average molecular weight is 412 g/mol. The maximum absolute atomic E-state index is 12.9. The van der Waals surface area contributed by atoms with Gasteiger partial charge in [0.15, 0.2) is 0 Å². The third-order valence-electron chi connectivity index (χ3n) is 5.48. The third kappa shape index (κ3) is 4.26. The zero-order valence-electron chi connectivity index (χ0n) is 17.6. The number of Topliss-reactive ketones (excluding diaryl/α,β-unsaturated/α-hetero) is 1. The van der Waals surface area contributed by atoms with Gasteiger partial charge in [-0.25, -0.2) is 0 Å². The fourth-order valence-electron chi connectivity index (χ4n) is 3.76. The Labute approximate surface area is 176 Å². The van der Waals surface area contributed by atoms with Crippen molar-refractivity contribution in [1.29, 1.82) is 0 Å². The van der Waals surface area contributed by atoms with Crippen LogP contribution in [0.25, 0.3) is 5.76 Å². The largest absolute Gasteiger partial charge is 0.507 e. The first-order valence-electron chi connectivity index (χ1n) is 10.2. The molecule has 1 fully saturated rings. The quantitative estimate of drug-likeness (QED) is 0.386. The first-order chi connectivity index (χ1) is 14.5. The molecule has 0 radical (unpaired) electrons. The van der Waals surface area contributed by atoms with Gasteiger partial charge in [0.1, 0.15) is 23.3 Å². The van der Waals surface area contributed by atoms with E-state index in [0.717, 1.165) is 19.6 Å². The Morgan fingerprint density at radius 3 is 2.43 bits per heavy atom. The Hall–Kier alpha value is -3.06. The lowest BCUT2D eigenvalue weighted by Gasteiger charge is -2.25. The van der Waals surface area contributed by atoms with Gasteiger partial charge in [-0.1, -0.05) is 13.8 Å². The molecule has 1 aliphatic heterocycles. The highest BCUT2D eigenvalue weighted by Crippen LogP contribution is 2.39. The summed E-state index contributed by atoms with van der Waals surface area (Å²) in [6.45, 7) is 7.24. The molecule has 2 heterocycles. The fraction of sp³-hybridized carbons (Fsp3) is 0.391. The van der Waals surface area contributed by atoms with Crippen LogP contribution in [0.2, 0.25) is 0 Å². The molecule has 0 aliphatic carbocycles. The zero-order chi connectivity index (χ0) is 21.7. The number of carbonyl (C=O) groups excluding carboxylic acids is 2. The molecule has 1 N–H and O–H groups in total. The van der Waals surface area contributed by atoms with E-state index in [1.165, 1.54) is 11.2 Å². The normalized spacial score (nSPS) is 18.4. The summed E-state index contributed by atoms with van der Waals surface area (Å²) in [5.41, 5.74) is 0.483. The number of benzene rings is 1. The highest BCUT2D eigenvalue weighted by Gasteiger charge is 2.47. The summed E-state index contributed by atoms with van der Waals surface area (Å²) in [5, 5.41) is 10.9. The van der Waals surface area contributed by atoms with Crippen LogP contribution < -0.4 is 4.74 Å². The van der Waals surface area contributed by atoms with Crippen LogP contribution in [0.4, 0.5) is 0 Å². The number of likely N-dealkylation sites (tertiary alicyclic amines) is 1. The second-order valence-corrected chi connectivity index (χ2v) is 7.12. The van der Waals surface area contributed by atoms with E-state index in [-0.39, 0.29) is 11.3 Å². The van der Waals surface area contributed by atoms with Crippen LogP contribution >= 0.6 is 0 Å². The van der Waals surface area contributed by atoms with Gasteiger partial charge in [0.2, 0.25) is 0 Å². The minimum Gasteiger partial charge on any atom is -0.507 e. The van der Waals surface area contributed by atoms with Crippen molar-refractivity contribution in [2.75, 3.05) is 33.3 Å². The minimum atomic E-state index is -0.751. The van der Waals surface area contributed by atoms with Gasteiger partial charge in [-0.05, 0) is 62.5 Å². The summed E-state index contributed by atoms with van der Waals surface area (Å²) in [6.07, 6.45) is 2.22. The molecule has 30 heavy (non-hydrogen) atoms. The van der Waals surface area contributed by atoms with Crippen LogP contribution in [-0.2, 0) is 9.59 Å². The molecule has 3 rings (SSSR count). The van der Waals surface area contributed by atoms with E-state index in [1.54, 1.807) is 43.5 Å². The average Bonchev–Trinajstić information content (AvgIpc) is 3.38. The number of aliphatic hydroxyl groups excluding tert-OH is 1. The molecule has 0 spiro atoms. The van der Waals surface area contributed by atoms with Crippen molar-refractivity contribution in [2.24, 2.45) is 0 Å². The van der Waals surface area contributed by atoms with Crippen LogP contribution in [0.5, 0.6) is 5.75 Å². The van der Waals surface area contributed by atoms with Crippen molar-refractivity contribution in [1.82, 2.24) is 9.80 Å². The van der Waals surface area contributed by atoms with Crippen molar-refractivity contribution in [3.05, 3.63) is 59.6 Å². The molecule has 0 unspecified atom stereocenters.